The Morgan fingerprint density at radius 3 is 2.12 bits per heavy atom. The molecule has 260 valence electrons. The van der Waals surface area contributed by atoms with Gasteiger partial charge in [-0.3, -0.25) is 18.7 Å². The van der Waals surface area contributed by atoms with E-state index in [0.29, 0.717) is 50.4 Å². The van der Waals surface area contributed by atoms with Crippen molar-refractivity contribution in [2.24, 2.45) is 4.99 Å². The minimum Gasteiger partial charge on any atom is -0.363 e. The lowest BCUT2D eigenvalue weighted by atomic mass is 9.88. The predicted molar refractivity (Wildman–Crippen MR) is 193 cm³/mol. The van der Waals surface area contributed by atoms with Gasteiger partial charge in [0.2, 0.25) is 0 Å². The fourth-order valence-electron chi connectivity index (χ4n) is 5.43. The number of halogens is 1. The molecule has 4 aromatic rings. The molecule has 1 atom stereocenters. The fourth-order valence-corrected chi connectivity index (χ4v) is 7.86. The number of benzene rings is 4. The second kappa shape index (κ2) is 14.4. The molecule has 0 amide bonds. The highest BCUT2D eigenvalue weighted by atomic mass is 35.5. The van der Waals surface area contributed by atoms with Crippen molar-refractivity contribution < 1.29 is 38.9 Å². The van der Waals surface area contributed by atoms with Crippen LogP contribution in [0.25, 0.3) is 5.57 Å². The number of allylic oxidation sites excluding steroid dienone is 5. The second-order valence-corrected chi connectivity index (χ2v) is 16.1. The summed E-state index contributed by atoms with van der Waals surface area (Å²) < 4.78 is 101. The van der Waals surface area contributed by atoms with Crippen molar-refractivity contribution >= 4 is 58.9 Å². The predicted octanol–water partition coefficient (Wildman–Crippen LogP) is 7.10. The lowest BCUT2D eigenvalue weighted by Gasteiger charge is -2.21. The number of aryl methyl sites for hydroxylation is 1. The number of aliphatic imine (C=N–C) groups is 1. The summed E-state index contributed by atoms with van der Waals surface area (Å²) in [5.41, 5.74) is 5.10. The van der Waals surface area contributed by atoms with Crippen LogP contribution in [0.3, 0.4) is 0 Å². The summed E-state index contributed by atoms with van der Waals surface area (Å²) in [6.07, 6.45) is 5.29. The third kappa shape index (κ3) is 8.47. The van der Waals surface area contributed by atoms with E-state index in [0.717, 1.165) is 0 Å². The van der Waals surface area contributed by atoms with Gasteiger partial charge >= 0.3 is 0 Å². The van der Waals surface area contributed by atoms with Crippen LogP contribution in [0, 0.1) is 6.92 Å². The molecular weight excluding hydrogens is 724 g/mol. The molecule has 0 aliphatic heterocycles. The summed E-state index contributed by atoms with van der Waals surface area (Å²) in [7, 11) is -13.6. The van der Waals surface area contributed by atoms with Crippen LogP contribution in [-0.4, -0.2) is 44.6 Å². The molecule has 11 nitrogen and oxygen atoms in total. The Morgan fingerprint density at radius 2 is 1.50 bits per heavy atom. The minimum atomic E-state index is -4.69. The van der Waals surface area contributed by atoms with Gasteiger partial charge < -0.3 is 5.32 Å². The molecule has 0 saturated carbocycles. The molecule has 0 fully saturated rings. The second-order valence-electron chi connectivity index (χ2n) is 11.4. The molecule has 0 saturated heterocycles. The minimum absolute atomic E-state index is 0.115. The van der Waals surface area contributed by atoms with Crippen molar-refractivity contribution in [2.45, 2.75) is 35.6 Å². The Kier molecular flexibility index (Phi) is 10.6. The van der Waals surface area contributed by atoms with Gasteiger partial charge in [0.25, 0.3) is 30.4 Å². The van der Waals surface area contributed by atoms with Gasteiger partial charge in [0.05, 0.1) is 22.2 Å². The van der Waals surface area contributed by atoms with Gasteiger partial charge in [-0.1, -0.05) is 78.3 Å². The van der Waals surface area contributed by atoms with E-state index in [-0.39, 0.29) is 22.0 Å². The molecule has 4 aromatic carbocycles. The highest BCUT2D eigenvalue weighted by Crippen LogP contribution is 2.39. The molecule has 0 bridgehead atoms. The Labute approximate surface area is 295 Å². The molecule has 1 unspecified atom stereocenters. The molecular formula is C35H31ClN2O9S3. The zero-order valence-corrected chi connectivity index (χ0v) is 29.7. The van der Waals surface area contributed by atoms with E-state index >= 15 is 0 Å². The largest absolute Gasteiger partial charge is 0.363 e. The van der Waals surface area contributed by atoms with Crippen molar-refractivity contribution in [3.63, 3.8) is 0 Å². The molecule has 0 spiro atoms. The topological polar surface area (TPSA) is 187 Å². The fraction of sp³-hybridized carbons (Fsp3) is 0.114. The van der Waals surface area contributed by atoms with Gasteiger partial charge in [0.15, 0.2) is 5.37 Å². The zero-order chi connectivity index (χ0) is 36.4. The van der Waals surface area contributed by atoms with E-state index < -0.39 is 40.6 Å². The SMILES string of the molecule is CC1=CC(=C(c2ccc(NC(c3ccccc3)S(=O)(=O)O)c(C)c2)c2cccc(S(=O)(=O)O)c2Cl)C=CC1=NCc1cccc(S(=O)(=O)O)c1. The van der Waals surface area contributed by atoms with Crippen molar-refractivity contribution in [1.29, 1.82) is 0 Å². The van der Waals surface area contributed by atoms with Gasteiger partial charge in [-0.15, -0.1) is 0 Å². The lowest BCUT2D eigenvalue weighted by molar-refractivity contribution is 0.472. The first-order valence-electron chi connectivity index (χ1n) is 14.8. The molecule has 15 heteroatoms. The summed E-state index contributed by atoms with van der Waals surface area (Å²) in [4.78, 5) is 3.87. The van der Waals surface area contributed by atoms with Gasteiger partial charge in [0.1, 0.15) is 4.90 Å². The van der Waals surface area contributed by atoms with Crippen LogP contribution >= 0.6 is 11.6 Å². The van der Waals surface area contributed by atoms with Crippen LogP contribution in [0.4, 0.5) is 5.69 Å². The molecule has 1 aliphatic carbocycles. The maximum atomic E-state index is 12.3. The van der Waals surface area contributed by atoms with E-state index in [1.54, 1.807) is 79.7 Å². The van der Waals surface area contributed by atoms with E-state index in [2.05, 4.69) is 10.3 Å². The van der Waals surface area contributed by atoms with Crippen molar-refractivity contribution in [2.75, 3.05) is 5.32 Å². The van der Waals surface area contributed by atoms with E-state index in [1.807, 2.05) is 13.0 Å². The average molecular weight is 755 g/mol. The Hall–Kier alpha value is -4.41. The number of nitrogens with zero attached hydrogens (tertiary/aromatic N) is 1. The van der Waals surface area contributed by atoms with E-state index in [9.17, 15) is 38.9 Å². The third-order valence-electron chi connectivity index (χ3n) is 7.83. The molecule has 5 rings (SSSR count). The Morgan fingerprint density at radius 1 is 0.800 bits per heavy atom. The Balaban J connectivity index is 1.59. The maximum Gasteiger partial charge on any atom is 0.296 e. The number of nitrogens with one attached hydrogen (secondary N) is 1. The maximum absolute atomic E-state index is 12.3. The zero-order valence-electron chi connectivity index (χ0n) is 26.5. The lowest BCUT2D eigenvalue weighted by Crippen LogP contribution is -2.21. The monoisotopic (exact) mass is 754 g/mol. The number of hydrogen-bond donors (Lipinski definition) is 4. The molecule has 4 N–H and O–H groups in total. The molecule has 0 aromatic heterocycles. The summed E-state index contributed by atoms with van der Waals surface area (Å²) in [5, 5.41) is 1.23. The molecule has 50 heavy (non-hydrogen) atoms. The summed E-state index contributed by atoms with van der Waals surface area (Å²) in [5.74, 6) is 0. The first-order chi connectivity index (χ1) is 23.4. The van der Waals surface area contributed by atoms with Crippen LogP contribution in [0.2, 0.25) is 5.02 Å². The Bertz CT molecular complexity index is 2440. The van der Waals surface area contributed by atoms with Crippen LogP contribution in [0.15, 0.2) is 135 Å². The van der Waals surface area contributed by atoms with Gasteiger partial charge in [0, 0.05) is 11.3 Å². The highest BCUT2D eigenvalue weighted by Gasteiger charge is 2.26. The number of anilines is 1. The molecule has 1 aliphatic rings. The first-order valence-corrected chi connectivity index (χ1v) is 19.6. The first kappa shape index (κ1) is 36.9. The average Bonchev–Trinajstić information content (AvgIpc) is 3.04. The van der Waals surface area contributed by atoms with Crippen molar-refractivity contribution in [3.8, 4) is 0 Å². The van der Waals surface area contributed by atoms with Crippen molar-refractivity contribution in [1.82, 2.24) is 0 Å². The van der Waals surface area contributed by atoms with Gasteiger partial charge in [-0.2, -0.15) is 25.3 Å². The molecule has 0 heterocycles. The number of rotatable bonds is 10. The normalized spacial score (nSPS) is 16.2. The van der Waals surface area contributed by atoms with E-state index in [4.69, 9.17) is 11.6 Å². The van der Waals surface area contributed by atoms with Crippen LogP contribution in [0.5, 0.6) is 0 Å². The molecule has 0 radical (unpaired) electrons. The summed E-state index contributed by atoms with van der Waals surface area (Å²) in [6, 6.07) is 23.2. The van der Waals surface area contributed by atoms with Crippen molar-refractivity contribution in [3.05, 3.63) is 153 Å². The highest BCUT2D eigenvalue weighted by molar-refractivity contribution is 7.86. The number of hydrogen-bond acceptors (Lipinski definition) is 8. The third-order valence-corrected chi connectivity index (χ3v) is 11.1. The van der Waals surface area contributed by atoms with Gasteiger partial charge in [-0.05, 0) is 95.3 Å². The standard InChI is InChI=1S/C35H31ClN2O9S3/c1-22-18-26(14-16-30(22)37-21-24-8-6-11-28(20-24)48(39,40)41)33(29-12-7-13-32(34(29)36)49(42,43)44)27-15-17-31(23(2)19-27)38-35(50(45,46)47)25-9-4-3-5-10-25/h3-20,35,38H,21H2,1-2H3,(H,39,40,41)(H,42,43,44)(H,45,46,47). The quantitative estimate of drug-likeness (QED) is 0.122. The summed E-state index contributed by atoms with van der Waals surface area (Å²) >= 11 is 6.63. The van der Waals surface area contributed by atoms with E-state index in [1.165, 1.54) is 30.3 Å². The van der Waals surface area contributed by atoms with Crippen LogP contribution in [-0.2, 0) is 36.9 Å². The van der Waals surface area contributed by atoms with Gasteiger partial charge in [-0.25, -0.2) is 0 Å². The summed E-state index contributed by atoms with van der Waals surface area (Å²) in [6.45, 7) is 3.65. The smallest absolute Gasteiger partial charge is 0.296 e. The van der Waals surface area contributed by atoms with Crippen LogP contribution in [0.1, 0.15) is 40.1 Å². The van der Waals surface area contributed by atoms with Crippen LogP contribution < -0.4 is 5.32 Å².